The van der Waals surface area contributed by atoms with Gasteiger partial charge in [0.1, 0.15) is 5.69 Å². The van der Waals surface area contributed by atoms with Crippen LogP contribution in [-0.4, -0.2) is 82.7 Å². The van der Waals surface area contributed by atoms with Crippen LogP contribution in [0.5, 0.6) is 0 Å². The van der Waals surface area contributed by atoms with E-state index in [1.165, 1.54) is 19.3 Å². The molecule has 0 aromatic carbocycles. The molecule has 5 rings (SSSR count). The van der Waals surface area contributed by atoms with E-state index in [0.717, 1.165) is 51.5 Å². The molecule has 0 radical (unpaired) electrons. The van der Waals surface area contributed by atoms with Gasteiger partial charge in [0.15, 0.2) is 0 Å². The molecular weight excluding hydrogens is 342 g/mol. The van der Waals surface area contributed by atoms with Crippen molar-refractivity contribution in [2.75, 3.05) is 32.8 Å². The molecule has 7 heteroatoms. The van der Waals surface area contributed by atoms with Crippen molar-refractivity contribution in [1.29, 1.82) is 0 Å². The summed E-state index contributed by atoms with van der Waals surface area (Å²) in [6, 6.07) is 1.65. The Bertz CT molecular complexity index is 660. The maximum Gasteiger partial charge on any atom is 0.274 e. The van der Waals surface area contributed by atoms with Crippen molar-refractivity contribution in [3.8, 4) is 0 Å². The highest BCUT2D eigenvalue weighted by Crippen LogP contribution is 2.38. The summed E-state index contributed by atoms with van der Waals surface area (Å²) in [6.07, 6.45) is 11.1. The molecule has 4 aliphatic rings. The van der Waals surface area contributed by atoms with Gasteiger partial charge in [-0.25, -0.2) is 4.98 Å². The average molecular weight is 371 g/mol. The van der Waals surface area contributed by atoms with Crippen LogP contribution in [0.2, 0.25) is 0 Å². The summed E-state index contributed by atoms with van der Waals surface area (Å²) in [5.41, 5.74) is 0.446. The van der Waals surface area contributed by atoms with Crippen molar-refractivity contribution in [2.45, 2.75) is 56.3 Å². The van der Waals surface area contributed by atoms with Gasteiger partial charge in [-0.3, -0.25) is 14.7 Å². The molecule has 0 spiro atoms. The van der Waals surface area contributed by atoms with Crippen LogP contribution in [0.4, 0.5) is 0 Å². The van der Waals surface area contributed by atoms with Crippen LogP contribution < -0.4 is 5.32 Å². The Morgan fingerprint density at radius 3 is 2.70 bits per heavy atom. The molecule has 3 unspecified atom stereocenters. The van der Waals surface area contributed by atoms with Crippen LogP contribution in [0, 0.1) is 5.92 Å². The smallest absolute Gasteiger partial charge is 0.274 e. The topological polar surface area (TPSA) is 70.6 Å². The largest absolute Gasteiger partial charge is 0.375 e. The molecule has 1 N–H and O–H groups in total. The fourth-order valence-electron chi connectivity index (χ4n) is 4.93. The third-order valence-electron chi connectivity index (χ3n) is 6.63. The molecule has 4 fully saturated rings. The predicted octanol–water partition coefficient (Wildman–Crippen LogP) is 0.923. The van der Waals surface area contributed by atoms with E-state index < -0.39 is 0 Å². The van der Waals surface area contributed by atoms with Gasteiger partial charge < -0.3 is 15.0 Å². The van der Waals surface area contributed by atoms with E-state index in [0.29, 0.717) is 29.9 Å². The second-order valence-electron chi connectivity index (χ2n) is 8.57. The zero-order valence-corrected chi connectivity index (χ0v) is 15.8. The Morgan fingerprint density at radius 2 is 1.96 bits per heavy atom. The summed E-state index contributed by atoms with van der Waals surface area (Å²) >= 11 is 0. The van der Waals surface area contributed by atoms with E-state index in [1.54, 1.807) is 18.6 Å². The van der Waals surface area contributed by atoms with Gasteiger partial charge in [-0.2, -0.15) is 0 Å². The summed E-state index contributed by atoms with van der Waals surface area (Å²) in [4.78, 5) is 25.2. The zero-order valence-electron chi connectivity index (χ0n) is 15.8. The van der Waals surface area contributed by atoms with Crippen molar-refractivity contribution in [2.24, 2.45) is 5.92 Å². The molecule has 1 aromatic rings. The van der Waals surface area contributed by atoms with Crippen LogP contribution in [0.3, 0.4) is 0 Å². The van der Waals surface area contributed by atoms with Gasteiger partial charge in [0.2, 0.25) is 0 Å². The summed E-state index contributed by atoms with van der Waals surface area (Å²) in [6.45, 7) is 4.76. The van der Waals surface area contributed by atoms with E-state index in [2.05, 4.69) is 20.2 Å². The zero-order chi connectivity index (χ0) is 18.2. The number of carbonyl (C=O) groups is 1. The molecule has 0 bridgehead atoms. The van der Waals surface area contributed by atoms with Crippen molar-refractivity contribution < 1.29 is 9.53 Å². The van der Waals surface area contributed by atoms with Crippen LogP contribution in [0.25, 0.3) is 0 Å². The number of hydrogen-bond donors (Lipinski definition) is 1. The molecule has 1 aliphatic carbocycles. The molecule has 3 atom stereocenters. The second kappa shape index (κ2) is 7.45. The lowest BCUT2D eigenvalue weighted by Gasteiger charge is -2.35. The number of hydrogen-bond acceptors (Lipinski definition) is 6. The summed E-state index contributed by atoms with van der Waals surface area (Å²) < 4.78 is 6.11. The van der Waals surface area contributed by atoms with E-state index in [-0.39, 0.29) is 5.91 Å². The number of ether oxygens (including phenoxy) is 1. The lowest BCUT2D eigenvalue weighted by atomic mass is 10.0. The number of piperidine rings is 1. The lowest BCUT2D eigenvalue weighted by molar-refractivity contribution is -0.0581. The van der Waals surface area contributed by atoms with Crippen molar-refractivity contribution in [3.63, 3.8) is 0 Å². The minimum atomic E-state index is 0.00261. The first-order valence-corrected chi connectivity index (χ1v) is 10.4. The number of fused-ring (bicyclic) bond motifs is 1. The third kappa shape index (κ3) is 3.86. The third-order valence-corrected chi connectivity index (χ3v) is 6.63. The van der Waals surface area contributed by atoms with E-state index >= 15 is 0 Å². The monoisotopic (exact) mass is 371 g/mol. The van der Waals surface area contributed by atoms with E-state index in [4.69, 9.17) is 4.74 Å². The van der Waals surface area contributed by atoms with Crippen LogP contribution in [-0.2, 0) is 4.74 Å². The number of likely N-dealkylation sites (tertiary alicyclic amines) is 1. The fraction of sp³-hybridized carbons (Fsp3) is 0.750. The predicted molar refractivity (Wildman–Crippen MR) is 100 cm³/mol. The number of morpholine rings is 1. The molecular formula is C20H29N5O2. The summed E-state index contributed by atoms with van der Waals surface area (Å²) in [5.74, 6) is 0.831. The Labute approximate surface area is 160 Å². The summed E-state index contributed by atoms with van der Waals surface area (Å²) in [5, 5.41) is 3.87. The van der Waals surface area contributed by atoms with Gasteiger partial charge >= 0.3 is 0 Å². The standard InChI is InChI=1S/C20H29N5O2/c26-20(18-10-21-5-6-22-18)24-7-3-15(4-8-24)23-16-9-17-13-27-19(14-1-2-14)12-25(17)11-16/h5-6,10,14-17,19,23H,1-4,7-9,11-13H2. The number of amides is 1. The Hall–Kier alpha value is -1.57. The molecule has 3 aliphatic heterocycles. The van der Waals surface area contributed by atoms with Crippen LogP contribution in [0.15, 0.2) is 18.6 Å². The van der Waals surface area contributed by atoms with Gasteiger partial charge in [-0.15, -0.1) is 0 Å². The second-order valence-corrected chi connectivity index (χ2v) is 8.57. The van der Waals surface area contributed by atoms with Gasteiger partial charge in [-0.1, -0.05) is 0 Å². The Balaban J connectivity index is 1.09. The maximum atomic E-state index is 12.5. The van der Waals surface area contributed by atoms with Gasteiger partial charge in [-0.05, 0) is 38.0 Å². The number of carbonyl (C=O) groups excluding carboxylic acids is 1. The Kier molecular flexibility index (Phi) is 4.83. The van der Waals surface area contributed by atoms with Gasteiger partial charge in [0.25, 0.3) is 5.91 Å². The van der Waals surface area contributed by atoms with Crippen LogP contribution in [0.1, 0.15) is 42.6 Å². The summed E-state index contributed by atoms with van der Waals surface area (Å²) in [7, 11) is 0. The SMILES string of the molecule is O=C(c1cnccn1)N1CCC(NC2CC3COC(C4CC4)CN3C2)CC1. The molecule has 1 aromatic heterocycles. The first kappa shape index (κ1) is 17.5. The molecule has 7 nitrogen and oxygen atoms in total. The van der Waals surface area contributed by atoms with Crippen molar-refractivity contribution in [3.05, 3.63) is 24.3 Å². The lowest BCUT2D eigenvalue weighted by Crippen LogP contribution is -2.49. The first-order valence-electron chi connectivity index (χ1n) is 10.4. The van der Waals surface area contributed by atoms with Crippen molar-refractivity contribution in [1.82, 2.24) is 25.1 Å². The number of rotatable bonds is 4. The molecule has 146 valence electrons. The maximum absolute atomic E-state index is 12.5. The van der Waals surface area contributed by atoms with E-state index in [1.807, 2.05) is 4.90 Å². The van der Waals surface area contributed by atoms with Gasteiger partial charge in [0, 0.05) is 56.7 Å². The molecule has 3 saturated heterocycles. The number of nitrogens with one attached hydrogen (secondary N) is 1. The highest BCUT2D eigenvalue weighted by molar-refractivity contribution is 5.92. The minimum Gasteiger partial charge on any atom is -0.375 e. The molecule has 27 heavy (non-hydrogen) atoms. The minimum absolute atomic E-state index is 0.00261. The van der Waals surface area contributed by atoms with E-state index in [9.17, 15) is 4.79 Å². The molecule has 4 heterocycles. The number of aromatic nitrogens is 2. The fourth-order valence-corrected chi connectivity index (χ4v) is 4.93. The normalized spacial score (nSPS) is 32.4. The quantitative estimate of drug-likeness (QED) is 0.849. The highest BCUT2D eigenvalue weighted by atomic mass is 16.5. The molecule has 1 saturated carbocycles. The van der Waals surface area contributed by atoms with Crippen molar-refractivity contribution >= 4 is 5.91 Å². The van der Waals surface area contributed by atoms with Crippen LogP contribution >= 0.6 is 0 Å². The first-order chi connectivity index (χ1) is 13.3. The highest BCUT2D eigenvalue weighted by Gasteiger charge is 2.42. The van der Waals surface area contributed by atoms with Gasteiger partial charge in [0.05, 0.1) is 18.9 Å². The molecule has 1 amide bonds. The average Bonchev–Trinajstić information content (AvgIpc) is 3.49. The number of nitrogens with zero attached hydrogens (tertiary/aromatic N) is 4. The Morgan fingerprint density at radius 1 is 1.11 bits per heavy atom.